The normalized spacial score (nSPS) is 15.1. The van der Waals surface area contributed by atoms with Crippen LogP contribution in [0.25, 0.3) is 11.0 Å². The Bertz CT molecular complexity index is 1180. The Hall–Kier alpha value is -2.87. The Labute approximate surface area is 197 Å². The van der Waals surface area contributed by atoms with Gasteiger partial charge in [0, 0.05) is 61.3 Å². The third-order valence-corrected chi connectivity index (χ3v) is 6.28. The number of carbonyl (C=O) groups excluding carboxylic acids is 1. The smallest absolute Gasteiger partial charge is 0.339 e. The Balaban J connectivity index is 1.24. The number of amides is 1. The van der Waals surface area contributed by atoms with E-state index in [0.29, 0.717) is 23.3 Å². The molecule has 0 unspecified atom stereocenters. The quantitative estimate of drug-likeness (QED) is 0.401. The first-order valence-corrected chi connectivity index (χ1v) is 11.5. The molecule has 7 nitrogen and oxygen atoms in total. The number of primary amides is 1. The van der Waals surface area contributed by atoms with Crippen LogP contribution in [-0.4, -0.2) is 55.0 Å². The van der Waals surface area contributed by atoms with Gasteiger partial charge in [0.15, 0.2) is 0 Å². The van der Waals surface area contributed by atoms with Crippen molar-refractivity contribution in [3.05, 3.63) is 74.6 Å². The summed E-state index contributed by atoms with van der Waals surface area (Å²) in [6.07, 6.45) is 0.888. The molecular formula is C25H28ClN3O4. The lowest BCUT2D eigenvalue weighted by molar-refractivity contribution is 0.100. The van der Waals surface area contributed by atoms with Gasteiger partial charge in [0.05, 0.1) is 12.2 Å². The van der Waals surface area contributed by atoms with E-state index in [2.05, 4.69) is 21.9 Å². The van der Waals surface area contributed by atoms with Gasteiger partial charge < -0.3 is 19.8 Å². The number of piperazine rings is 1. The minimum absolute atomic E-state index is 0.197. The lowest BCUT2D eigenvalue weighted by atomic mass is 10.0. The van der Waals surface area contributed by atoms with E-state index < -0.39 is 11.5 Å². The summed E-state index contributed by atoms with van der Waals surface area (Å²) in [5.41, 5.74) is 6.88. The highest BCUT2D eigenvalue weighted by molar-refractivity contribution is 6.30. The number of hydrogen-bond acceptors (Lipinski definition) is 6. The maximum absolute atomic E-state index is 12.0. The molecule has 1 aromatic heterocycles. The molecule has 0 bridgehead atoms. The molecule has 0 saturated carbocycles. The third-order valence-electron chi connectivity index (χ3n) is 6.02. The average molecular weight is 470 g/mol. The molecule has 2 N–H and O–H groups in total. The number of ether oxygens (including phenoxy) is 1. The summed E-state index contributed by atoms with van der Waals surface area (Å²) >= 11 is 5.96. The highest BCUT2D eigenvalue weighted by Gasteiger charge is 2.18. The molecule has 1 aliphatic rings. The van der Waals surface area contributed by atoms with Crippen molar-refractivity contribution in [2.24, 2.45) is 5.73 Å². The highest BCUT2D eigenvalue weighted by atomic mass is 35.5. The van der Waals surface area contributed by atoms with Crippen molar-refractivity contribution < 1.29 is 13.9 Å². The summed E-state index contributed by atoms with van der Waals surface area (Å²) in [7, 11) is 0. The molecule has 1 amide bonds. The van der Waals surface area contributed by atoms with E-state index in [1.807, 2.05) is 12.1 Å². The number of halogens is 1. The van der Waals surface area contributed by atoms with Crippen LogP contribution in [0.4, 0.5) is 0 Å². The molecule has 1 saturated heterocycles. The van der Waals surface area contributed by atoms with Crippen molar-refractivity contribution in [1.29, 1.82) is 0 Å². The molecule has 4 rings (SSSR count). The monoisotopic (exact) mass is 469 g/mol. The zero-order chi connectivity index (χ0) is 23.4. The minimum atomic E-state index is -0.646. The lowest BCUT2D eigenvalue weighted by Crippen LogP contribution is -2.46. The van der Waals surface area contributed by atoms with Crippen molar-refractivity contribution in [2.45, 2.75) is 19.9 Å². The molecule has 1 aliphatic heterocycles. The van der Waals surface area contributed by atoms with E-state index in [4.69, 9.17) is 26.5 Å². The second kappa shape index (κ2) is 10.4. The molecule has 2 heterocycles. The minimum Gasteiger partial charge on any atom is -0.493 e. The number of rotatable bonds is 8. The topological polar surface area (TPSA) is 89.0 Å². The highest BCUT2D eigenvalue weighted by Crippen LogP contribution is 2.24. The van der Waals surface area contributed by atoms with Gasteiger partial charge in [-0.3, -0.25) is 9.69 Å². The van der Waals surface area contributed by atoms with Crippen molar-refractivity contribution in [2.75, 3.05) is 39.3 Å². The van der Waals surface area contributed by atoms with Gasteiger partial charge in [-0.2, -0.15) is 0 Å². The van der Waals surface area contributed by atoms with E-state index in [1.54, 1.807) is 18.2 Å². The fraction of sp³-hybridized carbons (Fsp3) is 0.360. The van der Waals surface area contributed by atoms with Crippen LogP contribution in [0.3, 0.4) is 0 Å². The summed E-state index contributed by atoms with van der Waals surface area (Å²) in [6.45, 7) is 8.13. The molecule has 0 aliphatic carbocycles. The maximum Gasteiger partial charge on any atom is 0.339 e. The average Bonchev–Trinajstić information content (AvgIpc) is 2.80. The maximum atomic E-state index is 12.0. The summed E-state index contributed by atoms with van der Waals surface area (Å²) in [6, 6.07) is 13.2. The fourth-order valence-electron chi connectivity index (χ4n) is 4.18. The van der Waals surface area contributed by atoms with E-state index >= 15 is 0 Å². The zero-order valence-electron chi connectivity index (χ0n) is 18.7. The van der Waals surface area contributed by atoms with Gasteiger partial charge in [-0.1, -0.05) is 23.7 Å². The first kappa shape index (κ1) is 23.3. The number of nitrogens with two attached hydrogens (primary N) is 1. The van der Waals surface area contributed by atoms with Crippen LogP contribution >= 0.6 is 11.6 Å². The fourth-order valence-corrected chi connectivity index (χ4v) is 4.30. The number of carbonyl (C=O) groups is 1. The number of benzene rings is 2. The Morgan fingerprint density at radius 1 is 1.09 bits per heavy atom. The number of hydrogen-bond donors (Lipinski definition) is 1. The first-order chi connectivity index (χ1) is 15.9. The number of fused-ring (bicyclic) bond motifs is 1. The van der Waals surface area contributed by atoms with E-state index in [0.717, 1.165) is 50.7 Å². The van der Waals surface area contributed by atoms with Crippen molar-refractivity contribution in [3.63, 3.8) is 0 Å². The summed E-state index contributed by atoms with van der Waals surface area (Å²) < 4.78 is 11.2. The first-order valence-electron chi connectivity index (χ1n) is 11.1. The molecular weight excluding hydrogens is 442 g/mol. The molecule has 3 aromatic rings. The van der Waals surface area contributed by atoms with Gasteiger partial charge in [-0.25, -0.2) is 4.79 Å². The second-order valence-electron chi connectivity index (χ2n) is 8.36. The van der Waals surface area contributed by atoms with Gasteiger partial charge in [0.1, 0.15) is 11.3 Å². The van der Waals surface area contributed by atoms with Gasteiger partial charge in [-0.15, -0.1) is 0 Å². The standard InChI is InChI=1S/C25H28ClN3O4/c1-17-23(24(27)30)21-8-7-20(15-22(21)33-25(17)31)32-14-2-9-28-10-12-29(13-11-28)16-18-3-5-19(26)6-4-18/h3-8,15H,2,9-14,16H2,1H3,(H2,27,30). The molecule has 1 fully saturated rings. The van der Waals surface area contributed by atoms with Crippen molar-refractivity contribution >= 4 is 28.5 Å². The Morgan fingerprint density at radius 2 is 1.79 bits per heavy atom. The van der Waals surface area contributed by atoms with Crippen LogP contribution in [0.2, 0.25) is 5.02 Å². The van der Waals surface area contributed by atoms with E-state index in [-0.39, 0.29) is 11.1 Å². The van der Waals surface area contributed by atoms with Crippen LogP contribution in [0.15, 0.2) is 51.7 Å². The number of nitrogens with zero attached hydrogens (tertiary/aromatic N) is 2. The zero-order valence-corrected chi connectivity index (χ0v) is 19.4. The van der Waals surface area contributed by atoms with Crippen LogP contribution < -0.4 is 16.1 Å². The summed E-state index contributed by atoms with van der Waals surface area (Å²) in [4.78, 5) is 28.7. The van der Waals surface area contributed by atoms with Gasteiger partial charge in [-0.05, 0) is 43.2 Å². The van der Waals surface area contributed by atoms with Gasteiger partial charge in [0.2, 0.25) is 5.91 Å². The molecule has 8 heteroatoms. The predicted molar refractivity (Wildman–Crippen MR) is 129 cm³/mol. The lowest BCUT2D eigenvalue weighted by Gasteiger charge is -2.34. The van der Waals surface area contributed by atoms with Gasteiger partial charge >= 0.3 is 5.63 Å². The van der Waals surface area contributed by atoms with Crippen LogP contribution in [-0.2, 0) is 6.54 Å². The SMILES string of the molecule is Cc1c(C(N)=O)c2ccc(OCCCN3CCN(Cc4ccc(Cl)cc4)CC3)cc2oc1=O. The molecule has 174 valence electrons. The van der Waals surface area contributed by atoms with Crippen molar-refractivity contribution in [3.8, 4) is 5.75 Å². The largest absolute Gasteiger partial charge is 0.493 e. The second-order valence-corrected chi connectivity index (χ2v) is 8.79. The summed E-state index contributed by atoms with van der Waals surface area (Å²) in [5.74, 6) is -0.0509. The Kier molecular flexibility index (Phi) is 7.33. The molecule has 2 aromatic carbocycles. The van der Waals surface area contributed by atoms with Crippen molar-refractivity contribution in [1.82, 2.24) is 9.80 Å². The Morgan fingerprint density at radius 3 is 2.48 bits per heavy atom. The molecule has 0 atom stereocenters. The predicted octanol–water partition coefficient (Wildman–Crippen LogP) is 3.44. The van der Waals surface area contributed by atoms with E-state index in [9.17, 15) is 9.59 Å². The summed E-state index contributed by atoms with van der Waals surface area (Å²) in [5, 5.41) is 1.29. The third kappa shape index (κ3) is 5.74. The van der Waals surface area contributed by atoms with Gasteiger partial charge in [0.25, 0.3) is 0 Å². The molecule has 0 spiro atoms. The molecule has 0 radical (unpaired) electrons. The van der Waals surface area contributed by atoms with E-state index in [1.165, 1.54) is 12.5 Å². The molecule has 33 heavy (non-hydrogen) atoms. The van der Waals surface area contributed by atoms with Crippen LogP contribution in [0.5, 0.6) is 5.75 Å². The van der Waals surface area contributed by atoms with Crippen LogP contribution in [0.1, 0.15) is 27.9 Å². The van der Waals surface area contributed by atoms with Crippen LogP contribution in [0, 0.1) is 6.92 Å².